The molecule has 0 amide bonds. The molecule has 0 bridgehead atoms. The standard InChI is InChI=1S/C21H23N5O4S/c1-14(2)26-18-11-15(9-10-17(18)25(13-30-4)21(26)27)12-22-24(3)20-16-7-5-6-8-19(16)31(28,29)23-20/h5-12,14H,13H2,1-4H3/b22-12+. The molecule has 2 heterocycles. The molecule has 0 radical (unpaired) electrons. The fourth-order valence-corrected chi connectivity index (χ4v) is 4.89. The van der Waals surface area contributed by atoms with Crippen LogP contribution in [0.4, 0.5) is 0 Å². The van der Waals surface area contributed by atoms with Crippen LogP contribution in [0.1, 0.15) is 31.0 Å². The maximum Gasteiger partial charge on any atom is 0.331 e. The minimum absolute atomic E-state index is 0.0301. The van der Waals surface area contributed by atoms with E-state index in [-0.39, 0.29) is 29.2 Å². The number of hydrogen-bond acceptors (Lipinski definition) is 6. The lowest BCUT2D eigenvalue weighted by molar-refractivity contribution is 0.131. The van der Waals surface area contributed by atoms with Crippen LogP contribution in [-0.2, 0) is 21.5 Å². The number of rotatable bonds is 5. The van der Waals surface area contributed by atoms with Crippen molar-refractivity contribution in [1.29, 1.82) is 0 Å². The Hall–Kier alpha value is -3.24. The topological polar surface area (TPSA) is 98.3 Å². The van der Waals surface area contributed by atoms with Gasteiger partial charge in [-0.1, -0.05) is 18.2 Å². The third-order valence-electron chi connectivity index (χ3n) is 5.06. The number of methoxy groups -OCH3 is 1. The molecule has 0 saturated carbocycles. The Morgan fingerprint density at radius 1 is 1.19 bits per heavy atom. The van der Waals surface area contributed by atoms with Gasteiger partial charge in [0.1, 0.15) is 11.6 Å². The third kappa shape index (κ3) is 3.57. The van der Waals surface area contributed by atoms with Gasteiger partial charge in [0, 0.05) is 25.8 Å². The lowest BCUT2D eigenvalue weighted by Crippen LogP contribution is -2.26. The van der Waals surface area contributed by atoms with Crippen LogP contribution >= 0.6 is 0 Å². The van der Waals surface area contributed by atoms with E-state index in [1.165, 1.54) is 11.1 Å². The van der Waals surface area contributed by atoms with E-state index in [1.54, 1.807) is 47.7 Å². The smallest absolute Gasteiger partial charge is 0.331 e. The zero-order chi connectivity index (χ0) is 22.3. The molecule has 9 nitrogen and oxygen atoms in total. The molecule has 1 aliphatic heterocycles. The van der Waals surface area contributed by atoms with Gasteiger partial charge in [-0.25, -0.2) is 9.80 Å². The molecule has 31 heavy (non-hydrogen) atoms. The van der Waals surface area contributed by atoms with Crippen molar-refractivity contribution in [3.8, 4) is 0 Å². The van der Waals surface area contributed by atoms with Crippen LogP contribution in [0.2, 0.25) is 0 Å². The molecule has 0 aliphatic carbocycles. The Kier molecular flexibility index (Phi) is 5.28. The first kappa shape index (κ1) is 21.0. The van der Waals surface area contributed by atoms with E-state index >= 15 is 0 Å². The molecule has 2 aromatic carbocycles. The van der Waals surface area contributed by atoms with Crippen LogP contribution < -0.4 is 5.69 Å². The molecule has 162 valence electrons. The highest BCUT2D eigenvalue weighted by Crippen LogP contribution is 2.27. The molecule has 0 fully saturated rings. The van der Waals surface area contributed by atoms with Crippen LogP contribution in [0.25, 0.3) is 11.0 Å². The highest BCUT2D eigenvalue weighted by molar-refractivity contribution is 7.90. The minimum Gasteiger partial charge on any atom is -0.364 e. The van der Waals surface area contributed by atoms with E-state index < -0.39 is 10.0 Å². The number of ether oxygens (including phenoxy) is 1. The molecule has 1 aromatic heterocycles. The first-order valence-corrected chi connectivity index (χ1v) is 11.1. The van der Waals surface area contributed by atoms with E-state index in [2.05, 4.69) is 9.50 Å². The Labute approximate surface area is 179 Å². The van der Waals surface area contributed by atoms with Crippen molar-refractivity contribution in [2.45, 2.75) is 31.5 Å². The SMILES string of the molecule is COCn1c(=O)n(C(C)C)c2cc(/C=N/N(C)C3=NS(=O)(=O)c4ccccc43)ccc21. The number of benzene rings is 2. The summed E-state index contributed by atoms with van der Waals surface area (Å²) in [6.07, 6.45) is 1.61. The van der Waals surface area contributed by atoms with E-state index in [4.69, 9.17) is 4.74 Å². The molecule has 1 aliphatic rings. The van der Waals surface area contributed by atoms with Gasteiger partial charge in [0.2, 0.25) is 0 Å². The number of fused-ring (bicyclic) bond motifs is 2. The zero-order valence-electron chi connectivity index (χ0n) is 17.7. The van der Waals surface area contributed by atoms with Crippen LogP contribution in [0.3, 0.4) is 0 Å². The summed E-state index contributed by atoms with van der Waals surface area (Å²) in [4.78, 5) is 13.0. The highest BCUT2D eigenvalue weighted by Gasteiger charge is 2.30. The van der Waals surface area contributed by atoms with Crippen LogP contribution in [0, 0.1) is 0 Å². The molecule has 0 atom stereocenters. The lowest BCUT2D eigenvalue weighted by Gasteiger charge is -2.12. The van der Waals surface area contributed by atoms with Crippen molar-refractivity contribution < 1.29 is 13.2 Å². The van der Waals surface area contributed by atoms with Gasteiger partial charge in [0.25, 0.3) is 10.0 Å². The van der Waals surface area contributed by atoms with Crippen molar-refractivity contribution in [2.75, 3.05) is 14.2 Å². The third-order valence-corrected chi connectivity index (χ3v) is 6.39. The number of nitrogens with zero attached hydrogens (tertiary/aromatic N) is 5. The summed E-state index contributed by atoms with van der Waals surface area (Å²) in [6.45, 7) is 4.06. The summed E-state index contributed by atoms with van der Waals surface area (Å²) in [5.74, 6) is 0.262. The van der Waals surface area contributed by atoms with Gasteiger partial charge in [-0.15, -0.1) is 4.40 Å². The number of hydrogen-bond donors (Lipinski definition) is 0. The molecule has 0 saturated heterocycles. The Morgan fingerprint density at radius 3 is 2.65 bits per heavy atom. The van der Waals surface area contributed by atoms with Crippen LogP contribution in [-0.4, -0.2) is 48.8 Å². The van der Waals surface area contributed by atoms with Gasteiger partial charge in [0.05, 0.1) is 17.2 Å². The van der Waals surface area contributed by atoms with Crippen LogP contribution in [0.15, 0.2) is 61.7 Å². The normalized spacial score (nSPS) is 15.1. The number of imidazole rings is 1. The number of amidine groups is 1. The molecule has 10 heteroatoms. The van der Waals surface area contributed by atoms with E-state index in [0.717, 1.165) is 16.6 Å². The summed E-state index contributed by atoms with van der Waals surface area (Å²) >= 11 is 0. The van der Waals surface area contributed by atoms with Gasteiger partial charge in [-0.05, 0) is 43.7 Å². The van der Waals surface area contributed by atoms with Crippen molar-refractivity contribution in [3.63, 3.8) is 0 Å². The highest BCUT2D eigenvalue weighted by atomic mass is 32.2. The average molecular weight is 442 g/mol. The van der Waals surface area contributed by atoms with E-state index in [9.17, 15) is 13.2 Å². The van der Waals surface area contributed by atoms with Crippen molar-refractivity contribution in [1.82, 2.24) is 14.1 Å². The zero-order valence-corrected chi connectivity index (χ0v) is 18.5. The molecule has 0 N–H and O–H groups in total. The number of sulfonamides is 1. The maximum atomic E-state index is 12.8. The van der Waals surface area contributed by atoms with Crippen LogP contribution in [0.5, 0.6) is 0 Å². The monoisotopic (exact) mass is 441 g/mol. The second-order valence-electron chi connectivity index (χ2n) is 7.49. The van der Waals surface area contributed by atoms with Crippen molar-refractivity contribution in [3.05, 3.63) is 64.1 Å². The fraction of sp³-hybridized carbons (Fsp3) is 0.286. The Bertz CT molecular complexity index is 1380. The fourth-order valence-electron chi connectivity index (χ4n) is 3.66. The Balaban J connectivity index is 1.71. The van der Waals surface area contributed by atoms with Gasteiger partial charge < -0.3 is 4.74 Å². The number of hydrazone groups is 1. The molecule has 0 unspecified atom stereocenters. The maximum absolute atomic E-state index is 12.8. The summed E-state index contributed by atoms with van der Waals surface area (Å²) in [7, 11) is -0.523. The summed E-state index contributed by atoms with van der Waals surface area (Å²) in [5.41, 5.74) is 2.68. The largest absolute Gasteiger partial charge is 0.364 e. The van der Waals surface area contributed by atoms with Gasteiger partial charge in [0.15, 0.2) is 5.84 Å². The summed E-state index contributed by atoms with van der Waals surface area (Å²) in [6, 6.07) is 12.2. The molecule has 3 aromatic rings. The van der Waals surface area contributed by atoms with Gasteiger partial charge in [-0.3, -0.25) is 9.13 Å². The van der Waals surface area contributed by atoms with Crippen molar-refractivity contribution in [2.24, 2.45) is 9.50 Å². The van der Waals surface area contributed by atoms with Crippen molar-refractivity contribution >= 4 is 33.1 Å². The van der Waals surface area contributed by atoms with Gasteiger partial charge in [-0.2, -0.15) is 13.5 Å². The molecular formula is C21H23N5O4S. The second-order valence-corrected chi connectivity index (χ2v) is 9.07. The Morgan fingerprint density at radius 2 is 1.94 bits per heavy atom. The predicted molar refractivity (Wildman–Crippen MR) is 119 cm³/mol. The quantitative estimate of drug-likeness (QED) is 0.447. The minimum atomic E-state index is -3.71. The van der Waals surface area contributed by atoms with Gasteiger partial charge >= 0.3 is 5.69 Å². The predicted octanol–water partition coefficient (Wildman–Crippen LogP) is 2.40. The molecule has 0 spiro atoms. The first-order valence-electron chi connectivity index (χ1n) is 9.70. The summed E-state index contributed by atoms with van der Waals surface area (Å²) < 4.78 is 36.9. The second kappa shape index (κ2) is 7.78. The average Bonchev–Trinajstić information content (AvgIpc) is 3.17. The molecule has 4 rings (SSSR count). The summed E-state index contributed by atoms with van der Waals surface area (Å²) in [5, 5.41) is 5.81. The first-order chi connectivity index (χ1) is 14.7. The van der Waals surface area contributed by atoms with E-state index in [0.29, 0.717) is 5.56 Å². The number of aromatic nitrogens is 2. The van der Waals surface area contributed by atoms with E-state index in [1.807, 2.05) is 32.0 Å². The molecular weight excluding hydrogens is 418 g/mol. The lowest BCUT2D eigenvalue weighted by atomic mass is 10.2.